The lowest BCUT2D eigenvalue weighted by Crippen LogP contribution is -1.87. The summed E-state index contributed by atoms with van der Waals surface area (Å²) >= 11 is 2.21. The highest BCUT2D eigenvalue weighted by atomic mass is 32.2. The Morgan fingerprint density at radius 1 is 0.320 bits per heavy atom. The van der Waals surface area contributed by atoms with Crippen molar-refractivity contribution in [3.63, 3.8) is 0 Å². The first kappa shape index (κ1) is 25.4. The Morgan fingerprint density at radius 3 is 0.840 bits per heavy atom. The Balaban J connectivity index is 2.94. The predicted octanol–water partition coefficient (Wildman–Crippen LogP) is 9.56. The Kier molecular flexibility index (Phi) is 24.7. The van der Waals surface area contributed by atoms with Crippen LogP contribution in [0.2, 0.25) is 0 Å². The summed E-state index contributed by atoms with van der Waals surface area (Å²) in [7, 11) is 0. The molecule has 0 aromatic rings. The van der Waals surface area contributed by atoms with E-state index in [-0.39, 0.29) is 0 Å². The van der Waals surface area contributed by atoms with Crippen LogP contribution in [0.15, 0.2) is 0 Å². The number of hydrogen-bond acceptors (Lipinski definition) is 1. The molecule has 0 nitrogen and oxygen atoms in total. The minimum Gasteiger partial charge on any atom is -0.162 e. The van der Waals surface area contributed by atoms with Crippen molar-refractivity contribution in [2.45, 2.75) is 142 Å². The predicted molar refractivity (Wildman–Crippen MR) is 121 cm³/mol. The second kappa shape index (κ2) is 24.4. The Hall–Kier alpha value is 0.350. The largest absolute Gasteiger partial charge is 0.162 e. The standard InChI is InChI=1S/C24H50S/c1-3-5-7-9-11-13-15-17-19-21-23-25-24-22-20-18-16-14-12-10-8-6-4-2/h3-24H2,1-2H3. The van der Waals surface area contributed by atoms with Crippen molar-refractivity contribution in [2.75, 3.05) is 11.5 Å². The molecule has 25 heavy (non-hydrogen) atoms. The number of thioether (sulfide) groups is 1. The SMILES string of the molecule is CCCCCCCCCCCCSCCCCCCCCCCCC. The van der Waals surface area contributed by atoms with Crippen LogP contribution < -0.4 is 0 Å². The molecule has 0 spiro atoms. The fourth-order valence-electron chi connectivity index (χ4n) is 3.49. The van der Waals surface area contributed by atoms with Gasteiger partial charge in [0.25, 0.3) is 0 Å². The molecule has 0 bridgehead atoms. The third kappa shape index (κ3) is 24.4. The van der Waals surface area contributed by atoms with E-state index in [0.29, 0.717) is 0 Å². The molecule has 0 amide bonds. The first-order valence-electron chi connectivity index (χ1n) is 12.0. The zero-order chi connectivity index (χ0) is 18.3. The van der Waals surface area contributed by atoms with Crippen LogP contribution in [0.3, 0.4) is 0 Å². The lowest BCUT2D eigenvalue weighted by molar-refractivity contribution is 0.562. The molecule has 0 heterocycles. The van der Waals surface area contributed by atoms with Gasteiger partial charge in [0.05, 0.1) is 0 Å². The van der Waals surface area contributed by atoms with Crippen molar-refractivity contribution in [1.29, 1.82) is 0 Å². The van der Waals surface area contributed by atoms with Gasteiger partial charge in [-0.05, 0) is 24.3 Å². The molecular weight excluding hydrogens is 320 g/mol. The molecule has 1 heteroatoms. The summed E-state index contributed by atoms with van der Waals surface area (Å²) in [5.74, 6) is 2.82. The average molecular weight is 371 g/mol. The molecule has 0 N–H and O–H groups in total. The van der Waals surface area contributed by atoms with E-state index < -0.39 is 0 Å². The summed E-state index contributed by atoms with van der Waals surface area (Å²) in [5.41, 5.74) is 0. The van der Waals surface area contributed by atoms with E-state index in [9.17, 15) is 0 Å². The second-order valence-electron chi connectivity index (χ2n) is 7.98. The molecule has 0 aromatic heterocycles. The maximum atomic E-state index is 2.30. The molecule has 0 aliphatic carbocycles. The van der Waals surface area contributed by atoms with Gasteiger partial charge in [0.15, 0.2) is 0 Å². The summed E-state index contributed by atoms with van der Waals surface area (Å²) in [6.07, 6.45) is 29.2. The van der Waals surface area contributed by atoms with Crippen molar-refractivity contribution >= 4 is 11.8 Å². The fraction of sp³-hybridized carbons (Fsp3) is 1.00. The number of unbranched alkanes of at least 4 members (excludes halogenated alkanes) is 18. The monoisotopic (exact) mass is 370 g/mol. The molecule has 0 atom stereocenters. The van der Waals surface area contributed by atoms with Crippen molar-refractivity contribution in [2.24, 2.45) is 0 Å². The lowest BCUT2D eigenvalue weighted by atomic mass is 10.1. The summed E-state index contributed by atoms with van der Waals surface area (Å²) < 4.78 is 0. The van der Waals surface area contributed by atoms with Gasteiger partial charge in [-0.2, -0.15) is 11.8 Å². The van der Waals surface area contributed by atoms with E-state index in [0.717, 1.165) is 0 Å². The van der Waals surface area contributed by atoms with Gasteiger partial charge >= 0.3 is 0 Å². The van der Waals surface area contributed by atoms with Gasteiger partial charge in [0, 0.05) is 0 Å². The Morgan fingerprint density at radius 2 is 0.560 bits per heavy atom. The summed E-state index contributed by atoms with van der Waals surface area (Å²) in [6.45, 7) is 4.60. The summed E-state index contributed by atoms with van der Waals surface area (Å²) in [6, 6.07) is 0. The van der Waals surface area contributed by atoms with Gasteiger partial charge in [-0.3, -0.25) is 0 Å². The highest BCUT2D eigenvalue weighted by molar-refractivity contribution is 7.99. The van der Waals surface area contributed by atoms with Crippen molar-refractivity contribution in [1.82, 2.24) is 0 Å². The summed E-state index contributed by atoms with van der Waals surface area (Å²) in [5, 5.41) is 0. The van der Waals surface area contributed by atoms with Gasteiger partial charge < -0.3 is 0 Å². The van der Waals surface area contributed by atoms with Crippen molar-refractivity contribution < 1.29 is 0 Å². The van der Waals surface area contributed by atoms with Crippen LogP contribution in [-0.2, 0) is 0 Å². The van der Waals surface area contributed by atoms with Crippen LogP contribution in [0.5, 0.6) is 0 Å². The molecule has 152 valence electrons. The highest BCUT2D eigenvalue weighted by Crippen LogP contribution is 2.15. The van der Waals surface area contributed by atoms with Crippen LogP contribution in [0.4, 0.5) is 0 Å². The van der Waals surface area contributed by atoms with Gasteiger partial charge in [-0.25, -0.2) is 0 Å². The molecule has 0 unspecified atom stereocenters. The average Bonchev–Trinajstić information content (AvgIpc) is 2.63. The van der Waals surface area contributed by atoms with Gasteiger partial charge in [-0.15, -0.1) is 0 Å². The minimum absolute atomic E-state index is 1.37. The maximum absolute atomic E-state index is 2.30. The Labute approximate surface area is 165 Å². The van der Waals surface area contributed by atoms with Crippen molar-refractivity contribution in [3.8, 4) is 0 Å². The topological polar surface area (TPSA) is 0 Å². The minimum atomic E-state index is 1.37. The summed E-state index contributed by atoms with van der Waals surface area (Å²) in [4.78, 5) is 0. The molecular formula is C24H50S. The van der Waals surface area contributed by atoms with E-state index in [1.54, 1.807) is 0 Å². The molecule has 0 saturated carbocycles. The van der Waals surface area contributed by atoms with Crippen LogP contribution in [-0.4, -0.2) is 11.5 Å². The molecule has 0 rings (SSSR count). The smallest absolute Gasteiger partial charge is 0.00675 e. The third-order valence-corrected chi connectivity index (χ3v) is 6.44. The first-order chi connectivity index (χ1) is 12.4. The van der Waals surface area contributed by atoms with E-state index in [1.807, 2.05) is 0 Å². The van der Waals surface area contributed by atoms with E-state index in [2.05, 4.69) is 25.6 Å². The zero-order valence-corrected chi connectivity index (χ0v) is 18.8. The first-order valence-corrected chi connectivity index (χ1v) is 13.1. The molecule has 0 aliphatic heterocycles. The van der Waals surface area contributed by atoms with Crippen molar-refractivity contribution in [3.05, 3.63) is 0 Å². The normalized spacial score (nSPS) is 11.3. The molecule has 0 fully saturated rings. The third-order valence-electron chi connectivity index (χ3n) is 5.28. The van der Waals surface area contributed by atoms with E-state index in [4.69, 9.17) is 0 Å². The van der Waals surface area contributed by atoms with Gasteiger partial charge in [-0.1, -0.05) is 129 Å². The Bertz CT molecular complexity index is 192. The lowest BCUT2D eigenvalue weighted by Gasteiger charge is -2.04. The maximum Gasteiger partial charge on any atom is -0.00675 e. The fourth-order valence-corrected chi connectivity index (χ4v) is 4.51. The zero-order valence-electron chi connectivity index (χ0n) is 18.0. The molecule has 0 radical (unpaired) electrons. The van der Waals surface area contributed by atoms with Gasteiger partial charge in [0.2, 0.25) is 0 Å². The second-order valence-corrected chi connectivity index (χ2v) is 9.20. The van der Waals surface area contributed by atoms with Gasteiger partial charge in [0.1, 0.15) is 0 Å². The van der Waals surface area contributed by atoms with Crippen LogP contribution in [0.1, 0.15) is 142 Å². The number of rotatable bonds is 22. The quantitative estimate of drug-likeness (QED) is 0.171. The van der Waals surface area contributed by atoms with Crippen LogP contribution >= 0.6 is 11.8 Å². The van der Waals surface area contributed by atoms with E-state index in [1.165, 1.54) is 140 Å². The van der Waals surface area contributed by atoms with Crippen LogP contribution in [0, 0.1) is 0 Å². The van der Waals surface area contributed by atoms with Crippen LogP contribution in [0.25, 0.3) is 0 Å². The van der Waals surface area contributed by atoms with E-state index >= 15 is 0 Å². The molecule has 0 aliphatic rings. The molecule has 0 aromatic carbocycles. The number of hydrogen-bond donors (Lipinski definition) is 0. The molecule has 0 saturated heterocycles. The highest BCUT2D eigenvalue weighted by Gasteiger charge is 1.95.